The van der Waals surface area contributed by atoms with Gasteiger partial charge in [0.05, 0.1) is 0 Å². The fourth-order valence-electron chi connectivity index (χ4n) is 18.5. The quantitative estimate of drug-likeness (QED) is 0.0530. The van der Waals surface area contributed by atoms with Crippen LogP contribution in [0.15, 0.2) is 0 Å². The highest BCUT2D eigenvalue weighted by Crippen LogP contribution is 2.34. The molecule has 0 bridgehead atoms. The van der Waals surface area contributed by atoms with Crippen molar-refractivity contribution in [1.29, 1.82) is 0 Å². The molecule has 0 radical (unpaired) electrons. The van der Waals surface area contributed by atoms with Crippen LogP contribution in [0, 0.1) is 0 Å². The summed E-state index contributed by atoms with van der Waals surface area (Å²) in [5, 5.41) is 0. The fraction of sp³-hybridized carbons (Fsp3) is 1.00. The van der Waals surface area contributed by atoms with Crippen molar-refractivity contribution in [2.45, 2.75) is 701 Å². The minimum atomic E-state index is -2.25. The van der Waals surface area contributed by atoms with Crippen molar-refractivity contribution in [1.82, 2.24) is 0 Å². The SMILES string of the molecule is CCCC[Si](C)(C)O[Si](C)(C)C.CCCC[Si](C)(CC)O[Si](C)(C)C.CCCC[Si](C)(CCC)O[Si](C)(C)C.CCCC[Si](C)(CCCC)O[Si](C)(C)C.CCC[Si](C)(C)O[Si](C)(C)C.CCC[Si](C)(CC)O[Si](C)(C)C.CCC[Si](C)(CCC)O[Si](C)(C)C.CC[Si](=O)C[Si](C)(C)O[Si](C)(C)C.CC[Si](=O)C[Si](C)(O[Si](C)(C)C)O[Si](C)(C)C.CC[Si](C)(C)O[Si](C)(C)C.CC[Si](C)(CC)O[Si](C)(C)C.C[Si](C)(C)O[Si](C)(C)C. The first-order valence-corrected chi connectivity index (χ1v) is 144. The second kappa shape index (κ2) is 83.3. The lowest BCUT2D eigenvalue weighted by atomic mass is 10.4. The van der Waals surface area contributed by atoms with E-state index in [1.165, 1.54) is 187 Å². The van der Waals surface area contributed by atoms with Gasteiger partial charge in [-0.1, -0.05) is 214 Å². The molecule has 0 aliphatic carbocycles. The van der Waals surface area contributed by atoms with Crippen molar-refractivity contribution in [3.63, 3.8) is 0 Å². The Labute approximate surface area is 979 Å². The molecule has 0 aromatic carbocycles. The summed E-state index contributed by atoms with van der Waals surface area (Å²) in [6.07, 6.45) is 19.7. The first kappa shape index (κ1) is 180. The van der Waals surface area contributed by atoms with E-state index in [4.69, 9.17) is 53.5 Å². The summed E-state index contributed by atoms with van der Waals surface area (Å²) >= 11 is 0. The Hall–Kier alpha value is 4.94. The summed E-state index contributed by atoms with van der Waals surface area (Å²) in [6.45, 7) is 168. The zero-order valence-electron chi connectivity index (χ0n) is 118. The maximum Gasteiger partial charge on any atom is 0.318 e. The summed E-state index contributed by atoms with van der Waals surface area (Å²) in [4.78, 5) is 0. The lowest BCUT2D eigenvalue weighted by Crippen LogP contribution is -2.53. The normalized spacial score (nSPS) is 14.5. The third-order valence-corrected chi connectivity index (χ3v) is 114. The van der Waals surface area contributed by atoms with E-state index in [9.17, 15) is 8.92 Å². The molecule has 3 unspecified atom stereocenters. The van der Waals surface area contributed by atoms with E-state index < -0.39 is 226 Å². The van der Waals surface area contributed by atoms with Gasteiger partial charge in [0.1, 0.15) is 0 Å². The van der Waals surface area contributed by atoms with Crippen molar-refractivity contribution in [2.75, 3.05) is 0 Å². The molecule has 15 nitrogen and oxygen atoms in total. The Morgan fingerprint density at radius 1 is 0.140 bits per heavy atom. The van der Waals surface area contributed by atoms with Crippen molar-refractivity contribution < 1.29 is 62.4 Å². The molecule has 0 aromatic heterocycles. The van der Waals surface area contributed by atoms with Crippen LogP contribution in [-0.4, -0.2) is 226 Å². The van der Waals surface area contributed by atoms with Gasteiger partial charge in [0.15, 0.2) is 200 Å². The largest absolute Gasteiger partial charge is 0.456 e. The van der Waals surface area contributed by atoms with Crippen LogP contribution in [0.5, 0.6) is 0 Å². The molecule has 920 valence electrons. The fourth-order valence-corrected chi connectivity index (χ4v) is 130. The van der Waals surface area contributed by atoms with Gasteiger partial charge in [-0.25, -0.2) is 0 Å². The molecule has 0 amide bonds. The molecule has 0 aliphatic rings. The van der Waals surface area contributed by atoms with Crippen LogP contribution in [0.3, 0.4) is 0 Å². The van der Waals surface area contributed by atoms with Crippen molar-refractivity contribution in [3.05, 3.63) is 0 Å². The lowest BCUT2D eigenvalue weighted by molar-refractivity contribution is 0.390. The van der Waals surface area contributed by atoms with Gasteiger partial charge >= 0.3 is 8.56 Å². The molecule has 150 heavy (non-hydrogen) atoms. The second-order valence-electron chi connectivity index (χ2n) is 60.9. The van der Waals surface area contributed by atoms with Gasteiger partial charge in [-0.05, 0) is 476 Å². The first-order chi connectivity index (χ1) is 66.0. The number of hydrogen-bond donors (Lipinski definition) is 0. The zero-order valence-corrected chi connectivity index (χ0v) is 145. The van der Waals surface area contributed by atoms with Gasteiger partial charge < -0.3 is 62.4 Å². The first-order valence-electron chi connectivity index (χ1n) is 61.2. The maximum absolute atomic E-state index is 11.9. The van der Waals surface area contributed by atoms with Crippen LogP contribution in [-0.2, 0) is 62.4 Å². The van der Waals surface area contributed by atoms with Crippen LogP contribution in [0.4, 0.5) is 0 Å². The molecule has 0 spiro atoms. The van der Waals surface area contributed by atoms with Gasteiger partial charge in [-0.2, -0.15) is 0 Å². The van der Waals surface area contributed by atoms with Gasteiger partial charge in [0, 0.05) is 11.3 Å². The van der Waals surface area contributed by atoms with E-state index in [1.807, 2.05) is 13.8 Å². The monoisotopic (exact) mass is 2580 g/mol. The van der Waals surface area contributed by atoms with Crippen LogP contribution in [0.25, 0.3) is 0 Å². The van der Waals surface area contributed by atoms with E-state index in [0.717, 1.165) is 17.8 Å². The molecule has 0 aromatic rings. The van der Waals surface area contributed by atoms with E-state index in [2.05, 4.69) is 477 Å². The number of unbranched alkanes of at least 4 members (excludes halogenated alkanes) is 5. The Bertz CT molecular complexity index is 3180. The van der Waals surface area contributed by atoms with Crippen LogP contribution >= 0.6 is 0 Å². The van der Waals surface area contributed by atoms with E-state index in [-0.39, 0.29) is 0 Å². The molecule has 42 heteroatoms. The van der Waals surface area contributed by atoms with E-state index in [1.54, 1.807) is 0 Å². The molecule has 0 aliphatic heterocycles. The molecule has 3 atom stereocenters. The second-order valence-corrected chi connectivity index (χ2v) is 179. The summed E-state index contributed by atoms with van der Waals surface area (Å²) in [6, 6.07) is 21.3. The predicted octanol–water partition coefficient (Wildman–Crippen LogP) is 45.2. The predicted molar refractivity (Wildman–Crippen MR) is 762 cm³/mol. The van der Waals surface area contributed by atoms with Crippen LogP contribution in [0.2, 0.25) is 487 Å². The van der Waals surface area contributed by atoms with Gasteiger partial charge in [0.25, 0.3) is 17.4 Å². The molecule has 0 heterocycles. The van der Waals surface area contributed by atoms with Crippen molar-refractivity contribution in [3.8, 4) is 0 Å². The van der Waals surface area contributed by atoms with E-state index >= 15 is 0 Å². The number of rotatable bonds is 62. The minimum absolute atomic E-state index is 0.683. The third kappa shape index (κ3) is 143. The highest BCUT2D eigenvalue weighted by atomic mass is 28.5. The van der Waals surface area contributed by atoms with E-state index in [0.29, 0.717) is 5.67 Å². The smallest absolute Gasteiger partial charge is 0.318 e. The Kier molecular flexibility index (Phi) is 99.8. The molecule has 0 N–H and O–H groups in total. The molecular formula is C108H290O15Si27. The van der Waals surface area contributed by atoms with Gasteiger partial charge in [-0.15, -0.1) is 0 Å². The molecular weight excluding hydrogens is 2300 g/mol. The highest BCUT2D eigenvalue weighted by molar-refractivity contribution is 6.94. The Balaban J connectivity index is -0.000000139. The molecule has 0 fully saturated rings. The average Bonchev–Trinajstić information content (AvgIpc) is 0.825. The summed E-state index contributed by atoms with van der Waals surface area (Å²) in [5.41, 5.74) is 1.54. The highest BCUT2D eigenvalue weighted by Gasteiger charge is 2.44. The van der Waals surface area contributed by atoms with Crippen molar-refractivity contribution in [2.24, 2.45) is 0 Å². The lowest BCUT2D eigenvalue weighted by Gasteiger charge is -2.38. The summed E-state index contributed by atoms with van der Waals surface area (Å²) in [5.74, 6) is 0. The zero-order chi connectivity index (χ0) is 123. The maximum atomic E-state index is 11.9. The average molecular weight is 2590 g/mol. The Morgan fingerprint density at radius 3 is 0.493 bits per heavy atom. The summed E-state index contributed by atoms with van der Waals surface area (Å²) in [7, 11) is -37.3. The molecule has 0 saturated carbocycles. The molecule has 0 rings (SSSR count). The van der Waals surface area contributed by atoms with Gasteiger partial charge in [-0.3, -0.25) is 0 Å². The molecule has 0 saturated heterocycles. The van der Waals surface area contributed by atoms with Gasteiger partial charge in [0.2, 0.25) is 0 Å². The van der Waals surface area contributed by atoms with Crippen LogP contribution in [0.1, 0.15) is 214 Å². The topological polar surface area (TPSA) is 154 Å². The number of hydrogen-bond acceptors (Lipinski definition) is 15. The standard InChI is InChI=1S/C12H30OSi2.C11H28OSi2.C10H28O3Si4.2C10H26OSi2.2C9H24OSi2.C8H22O2Si3.2C8H22OSi2.C7H20OSi2.C6H18OSi2/c1-7-9-11-15(6,12-10-8-2)13-14(3,4)5;1-7-9-11-14(6,10-8-2)12-13(3,4)5;1-9-14(11)10-17(8,12-15(2,3)4)13-16(5,6)7;1-7-9-10-13(6,8-2)11-12(3,4)5;1-7-9-13(6,10-8-2)11-12(3,4)5;1-7-8-9-12(5,6)10-11(2,3)4;1-7-9-12(6,8-2)10-11(3,4)5;1-7-11(9)8-13(5,6)10-12(2,3)4;1-7-8-11(5,6)9-10(2,3)4;1-7-11(6,8-2)9-10(3,4)5;1-7-10(5,6)8-9(2,3)4;1-8(2,3)7-9(4,5)6/h7-12H2,1-6H3;7-11H2,1-6H3;9-10H2,1-8H3;2*7-10H2,1-6H3;2*7-9H2,1-6H3;7-8H2,1-6H3;2*7-8H2,1-6H3;7H2,1-6H3;1-6H3. The van der Waals surface area contributed by atoms with Crippen molar-refractivity contribution >= 4 is 226 Å². The van der Waals surface area contributed by atoms with Crippen LogP contribution < -0.4 is 0 Å². The summed E-state index contributed by atoms with van der Waals surface area (Å²) < 4.78 is 105. The minimum Gasteiger partial charge on any atom is -0.456 e. The Morgan fingerprint density at radius 2 is 0.307 bits per heavy atom. The third-order valence-electron chi connectivity index (χ3n) is 22.4.